The predicted molar refractivity (Wildman–Crippen MR) is 43.0 cm³/mol. The Labute approximate surface area is 62.3 Å². The van der Waals surface area contributed by atoms with Crippen molar-refractivity contribution in [3.8, 4) is 0 Å². The van der Waals surface area contributed by atoms with Crippen LogP contribution in [0.3, 0.4) is 0 Å². The molecule has 0 fully saturated rings. The highest BCUT2D eigenvalue weighted by atomic mass is 16.1. The maximum Gasteiger partial charge on any atom is 0.142 e. The summed E-state index contributed by atoms with van der Waals surface area (Å²) in [4.78, 5) is 10.0. The van der Waals surface area contributed by atoms with Gasteiger partial charge in [-0.05, 0) is 32.5 Å². The Morgan fingerprint density at radius 1 is 1.60 bits per heavy atom. The van der Waals surface area contributed by atoms with Crippen LogP contribution >= 0.6 is 0 Å². The number of carbonyl (C=O) groups excluding carboxylic acids is 1. The summed E-state index contributed by atoms with van der Waals surface area (Å²) in [7, 11) is 1.91. The number of hydrogen-bond donors (Lipinski definition) is 1. The molecule has 0 rings (SSSR count). The van der Waals surface area contributed by atoms with Crippen LogP contribution in [-0.2, 0) is 4.79 Å². The van der Waals surface area contributed by atoms with Crippen molar-refractivity contribution >= 4 is 6.29 Å². The topological polar surface area (TPSA) is 29.1 Å². The molecule has 2 nitrogen and oxygen atoms in total. The second-order valence-electron chi connectivity index (χ2n) is 2.17. The van der Waals surface area contributed by atoms with Gasteiger partial charge in [-0.3, -0.25) is 4.79 Å². The molecule has 0 bridgehead atoms. The van der Waals surface area contributed by atoms with Crippen LogP contribution in [0.4, 0.5) is 0 Å². The summed E-state index contributed by atoms with van der Waals surface area (Å²) in [5.74, 6) is 0. The van der Waals surface area contributed by atoms with Gasteiger partial charge >= 0.3 is 0 Å². The third-order valence-electron chi connectivity index (χ3n) is 1.45. The average Bonchev–Trinajstić information content (AvgIpc) is 1.98. The van der Waals surface area contributed by atoms with E-state index in [9.17, 15) is 4.79 Å². The van der Waals surface area contributed by atoms with E-state index in [1.165, 1.54) is 5.57 Å². The van der Waals surface area contributed by atoms with Gasteiger partial charge in [-0.15, -0.1) is 0 Å². The molecular weight excluding hydrogens is 126 g/mol. The fourth-order valence-electron chi connectivity index (χ4n) is 0.760. The minimum atomic E-state index is 0.856. The fourth-order valence-corrected chi connectivity index (χ4v) is 0.760. The van der Waals surface area contributed by atoms with Gasteiger partial charge in [0.25, 0.3) is 0 Å². The molecule has 2 heteroatoms. The molecule has 0 heterocycles. The number of rotatable bonds is 5. The zero-order valence-electron chi connectivity index (χ0n) is 6.68. The van der Waals surface area contributed by atoms with E-state index in [1.54, 1.807) is 6.08 Å². The molecule has 1 N–H and O–H groups in total. The third-order valence-corrected chi connectivity index (χ3v) is 1.45. The molecule has 0 aromatic rings. The van der Waals surface area contributed by atoms with E-state index in [1.807, 2.05) is 7.05 Å². The summed E-state index contributed by atoms with van der Waals surface area (Å²) in [6, 6.07) is 0. The number of allylic oxidation sites excluding steroid dienone is 1. The van der Waals surface area contributed by atoms with Crippen LogP contribution in [0, 0.1) is 0 Å². The van der Waals surface area contributed by atoms with Crippen LogP contribution in [-0.4, -0.2) is 19.9 Å². The number of hydrogen-bond acceptors (Lipinski definition) is 2. The lowest BCUT2D eigenvalue weighted by Gasteiger charge is -2.00. The summed E-state index contributed by atoms with van der Waals surface area (Å²) < 4.78 is 0. The largest absolute Gasteiger partial charge is 0.319 e. The smallest absolute Gasteiger partial charge is 0.142 e. The molecule has 0 atom stereocenters. The van der Waals surface area contributed by atoms with Gasteiger partial charge in [0.05, 0.1) is 0 Å². The van der Waals surface area contributed by atoms with Crippen molar-refractivity contribution in [2.75, 3.05) is 13.6 Å². The van der Waals surface area contributed by atoms with E-state index in [0.717, 1.165) is 25.7 Å². The monoisotopic (exact) mass is 141 g/mol. The van der Waals surface area contributed by atoms with Gasteiger partial charge in [0.1, 0.15) is 6.29 Å². The number of carbonyl (C=O) groups is 1. The van der Waals surface area contributed by atoms with Gasteiger partial charge < -0.3 is 5.32 Å². The third kappa shape index (κ3) is 4.27. The Morgan fingerprint density at radius 3 is 2.70 bits per heavy atom. The van der Waals surface area contributed by atoms with Crippen molar-refractivity contribution in [3.63, 3.8) is 0 Å². The normalized spacial score (nSPS) is 11.6. The second-order valence-corrected chi connectivity index (χ2v) is 2.17. The predicted octanol–water partition coefficient (Wildman–Crippen LogP) is 1.13. The molecule has 0 aliphatic heterocycles. The Kier molecular flexibility index (Phi) is 6.08. The molecule has 0 aliphatic rings. The molecule has 0 aromatic carbocycles. The van der Waals surface area contributed by atoms with Gasteiger partial charge in [-0.2, -0.15) is 0 Å². The van der Waals surface area contributed by atoms with E-state index >= 15 is 0 Å². The summed E-state index contributed by atoms with van der Waals surface area (Å²) in [6.07, 6.45) is 4.46. The summed E-state index contributed by atoms with van der Waals surface area (Å²) in [5, 5.41) is 3.03. The lowest BCUT2D eigenvalue weighted by molar-refractivity contribution is -0.104. The van der Waals surface area contributed by atoms with Crippen molar-refractivity contribution in [2.24, 2.45) is 0 Å². The van der Waals surface area contributed by atoms with E-state index in [2.05, 4.69) is 12.2 Å². The molecule has 0 saturated heterocycles. The van der Waals surface area contributed by atoms with Crippen LogP contribution in [0.25, 0.3) is 0 Å². The minimum Gasteiger partial charge on any atom is -0.319 e. The van der Waals surface area contributed by atoms with Crippen molar-refractivity contribution in [2.45, 2.75) is 19.8 Å². The lowest BCUT2D eigenvalue weighted by Crippen LogP contribution is -2.08. The first-order chi connectivity index (χ1) is 4.85. The molecule has 10 heavy (non-hydrogen) atoms. The van der Waals surface area contributed by atoms with Crippen LogP contribution in [0.5, 0.6) is 0 Å². The van der Waals surface area contributed by atoms with Crippen molar-refractivity contribution in [1.29, 1.82) is 0 Å². The summed E-state index contributed by atoms with van der Waals surface area (Å²) >= 11 is 0. The van der Waals surface area contributed by atoms with Gasteiger partial charge in [-0.1, -0.05) is 12.5 Å². The van der Waals surface area contributed by atoms with Gasteiger partial charge in [0.15, 0.2) is 0 Å². The first-order valence-corrected chi connectivity index (χ1v) is 3.63. The first-order valence-electron chi connectivity index (χ1n) is 3.63. The standard InChI is InChI=1S/C8H15NO/c1-3-8(5-7-10)4-6-9-2/h5,7,9H,3-4,6H2,1-2H3/b8-5+. The maximum absolute atomic E-state index is 10.0. The Bertz CT molecular complexity index is 118. The minimum absolute atomic E-state index is 0.856. The van der Waals surface area contributed by atoms with Crippen LogP contribution in [0.15, 0.2) is 11.6 Å². The quantitative estimate of drug-likeness (QED) is 0.459. The molecule has 0 aromatic heterocycles. The average molecular weight is 141 g/mol. The Morgan fingerprint density at radius 2 is 2.30 bits per heavy atom. The molecule has 0 radical (unpaired) electrons. The highest BCUT2D eigenvalue weighted by molar-refractivity contribution is 5.66. The Balaban J connectivity index is 3.59. The molecule has 0 saturated carbocycles. The van der Waals surface area contributed by atoms with Crippen molar-refractivity contribution < 1.29 is 4.79 Å². The SMILES string of the molecule is CC/C(=C\C=O)CCNC. The van der Waals surface area contributed by atoms with Crippen molar-refractivity contribution in [1.82, 2.24) is 5.32 Å². The molecule has 58 valence electrons. The molecular formula is C8H15NO. The van der Waals surface area contributed by atoms with Gasteiger partial charge in [0, 0.05) is 0 Å². The van der Waals surface area contributed by atoms with Gasteiger partial charge in [0.2, 0.25) is 0 Å². The van der Waals surface area contributed by atoms with E-state index in [-0.39, 0.29) is 0 Å². The zero-order chi connectivity index (χ0) is 7.82. The fraction of sp³-hybridized carbons (Fsp3) is 0.625. The van der Waals surface area contributed by atoms with E-state index in [4.69, 9.17) is 0 Å². The van der Waals surface area contributed by atoms with E-state index < -0.39 is 0 Å². The lowest BCUT2D eigenvalue weighted by atomic mass is 10.1. The maximum atomic E-state index is 10.0. The van der Waals surface area contributed by atoms with E-state index in [0.29, 0.717) is 0 Å². The summed E-state index contributed by atoms with van der Waals surface area (Å²) in [5.41, 5.74) is 1.21. The molecule has 0 aliphatic carbocycles. The highest BCUT2D eigenvalue weighted by Gasteiger charge is 1.90. The zero-order valence-corrected chi connectivity index (χ0v) is 6.68. The second kappa shape index (κ2) is 6.49. The highest BCUT2D eigenvalue weighted by Crippen LogP contribution is 2.02. The molecule has 0 unspecified atom stereocenters. The molecule has 0 amide bonds. The van der Waals surface area contributed by atoms with Crippen LogP contribution in [0.1, 0.15) is 19.8 Å². The molecule has 0 spiro atoms. The van der Waals surface area contributed by atoms with Crippen LogP contribution < -0.4 is 5.32 Å². The Hall–Kier alpha value is -0.630. The summed E-state index contributed by atoms with van der Waals surface area (Å²) in [6.45, 7) is 3.01. The van der Waals surface area contributed by atoms with Gasteiger partial charge in [-0.25, -0.2) is 0 Å². The van der Waals surface area contributed by atoms with Crippen molar-refractivity contribution in [3.05, 3.63) is 11.6 Å². The van der Waals surface area contributed by atoms with Crippen LogP contribution in [0.2, 0.25) is 0 Å². The number of aldehydes is 1. The number of nitrogens with one attached hydrogen (secondary N) is 1. The first kappa shape index (κ1) is 9.37.